The Balaban J connectivity index is 1.77. The number of aromatic nitrogens is 2. The molecule has 0 aliphatic heterocycles. The molecule has 2 heterocycles. The first-order valence-electron chi connectivity index (χ1n) is 12.3. The quantitative estimate of drug-likeness (QED) is 0.173. The predicted octanol–water partition coefficient (Wildman–Crippen LogP) is 10.9. The molecule has 0 radical (unpaired) electrons. The van der Waals surface area contributed by atoms with Crippen LogP contribution in [0.15, 0.2) is 106 Å². The summed E-state index contributed by atoms with van der Waals surface area (Å²) in [5.74, 6) is 0. The summed E-state index contributed by atoms with van der Waals surface area (Å²) >= 11 is 6.54. The summed E-state index contributed by atoms with van der Waals surface area (Å²) in [4.78, 5) is 5.95. The summed E-state index contributed by atoms with van der Waals surface area (Å²) in [6, 6.07) is 20.4. The van der Waals surface area contributed by atoms with E-state index in [1.165, 1.54) is 36.7 Å². The van der Waals surface area contributed by atoms with Gasteiger partial charge in [0.05, 0.1) is 0 Å². The van der Waals surface area contributed by atoms with Gasteiger partial charge in [-0.05, 0) is 58.7 Å². The molecule has 0 amide bonds. The lowest BCUT2D eigenvalue weighted by Gasteiger charge is -2.40. The van der Waals surface area contributed by atoms with Gasteiger partial charge in [0.25, 0.3) is 0 Å². The Morgan fingerprint density at radius 1 is 0.488 bits per heavy atom. The number of benzene rings is 4. The molecule has 0 atom stereocenters. The second-order valence-corrected chi connectivity index (χ2v) is 11.5. The van der Waals surface area contributed by atoms with E-state index in [0.717, 1.165) is 12.1 Å². The first kappa shape index (κ1) is 27.7. The van der Waals surface area contributed by atoms with Gasteiger partial charge < -0.3 is 9.97 Å². The van der Waals surface area contributed by atoms with E-state index in [0.29, 0.717) is 30.8 Å². The molecule has 0 saturated heterocycles. The van der Waals surface area contributed by atoms with E-state index in [2.05, 4.69) is 41.8 Å². The van der Waals surface area contributed by atoms with Crippen molar-refractivity contribution in [2.45, 2.75) is 17.8 Å². The van der Waals surface area contributed by atoms with Gasteiger partial charge in [-0.2, -0.15) is 26.3 Å². The lowest BCUT2D eigenvalue weighted by atomic mass is 9.68. The van der Waals surface area contributed by atoms with Crippen LogP contribution in [-0.2, 0) is 5.41 Å². The molecule has 2 aromatic heterocycles. The summed E-state index contributed by atoms with van der Waals surface area (Å²) in [6.07, 6.45) is -8.69. The minimum Gasteiger partial charge on any atom is -0.361 e. The molecule has 6 rings (SSSR count). The fourth-order valence-electron chi connectivity index (χ4n) is 5.64. The maximum atomic E-state index is 15.6. The summed E-state index contributed by atoms with van der Waals surface area (Å²) in [6.45, 7) is 0. The van der Waals surface area contributed by atoms with Crippen LogP contribution >= 0.6 is 31.9 Å². The Morgan fingerprint density at radius 2 is 0.878 bits per heavy atom. The standard InChI is InChI=1S/C31H18Br2F6N2/c32-17-9-11-25(21(13-17)23-15-40-27-7-3-1-5-19(23)27)29(30(34,35)36,31(37,38)39)26-12-10-18(33)14-22(26)24-16-41-28-8-4-2-6-20(24)28/h1-16,40-41H. The summed E-state index contributed by atoms with van der Waals surface area (Å²) < 4.78 is 94.0. The van der Waals surface area contributed by atoms with Crippen LogP contribution in [0.3, 0.4) is 0 Å². The minimum absolute atomic E-state index is 0.195. The van der Waals surface area contributed by atoms with E-state index >= 15 is 26.3 Å². The van der Waals surface area contributed by atoms with Gasteiger partial charge in [0.15, 0.2) is 0 Å². The number of fused-ring (bicyclic) bond motifs is 2. The average Bonchev–Trinajstić information content (AvgIpc) is 3.53. The normalized spacial score (nSPS) is 12.9. The van der Waals surface area contributed by atoms with Crippen LogP contribution < -0.4 is 0 Å². The van der Waals surface area contributed by atoms with Crippen LogP contribution in [0.25, 0.3) is 44.1 Å². The van der Waals surface area contributed by atoms with Gasteiger partial charge in [-0.15, -0.1) is 0 Å². The Bertz CT molecular complexity index is 1780. The fourth-order valence-corrected chi connectivity index (χ4v) is 6.36. The lowest BCUT2D eigenvalue weighted by molar-refractivity contribution is -0.288. The highest BCUT2D eigenvalue weighted by Crippen LogP contribution is 2.60. The lowest BCUT2D eigenvalue weighted by Crippen LogP contribution is -2.55. The third-order valence-corrected chi connectivity index (χ3v) is 8.37. The zero-order valence-corrected chi connectivity index (χ0v) is 23.9. The molecule has 0 bridgehead atoms. The van der Waals surface area contributed by atoms with Crippen LogP contribution in [0.4, 0.5) is 26.3 Å². The van der Waals surface area contributed by atoms with Crippen molar-refractivity contribution in [2.24, 2.45) is 0 Å². The molecule has 4 aromatic carbocycles. The van der Waals surface area contributed by atoms with Crippen molar-refractivity contribution >= 4 is 53.7 Å². The van der Waals surface area contributed by atoms with Gasteiger partial charge in [-0.1, -0.05) is 80.4 Å². The van der Waals surface area contributed by atoms with Crippen LogP contribution in [0.2, 0.25) is 0 Å². The van der Waals surface area contributed by atoms with Crippen molar-refractivity contribution in [2.75, 3.05) is 0 Å². The molecule has 0 aliphatic rings. The summed E-state index contributed by atoms with van der Waals surface area (Å²) in [5.41, 5.74) is -5.01. The monoisotopic (exact) mass is 690 g/mol. The molecule has 0 spiro atoms. The minimum atomic E-state index is -5.78. The van der Waals surface area contributed by atoms with Gasteiger partial charge in [-0.3, -0.25) is 0 Å². The molecule has 2 N–H and O–H groups in total. The van der Waals surface area contributed by atoms with Gasteiger partial charge in [0.1, 0.15) is 0 Å². The Labute approximate surface area is 246 Å². The molecule has 0 saturated carbocycles. The molecular formula is C31H18Br2F6N2. The van der Waals surface area contributed by atoms with Gasteiger partial charge in [0.2, 0.25) is 5.41 Å². The molecule has 0 unspecified atom stereocenters. The molecule has 0 fully saturated rings. The van der Waals surface area contributed by atoms with E-state index in [1.807, 2.05) is 0 Å². The van der Waals surface area contributed by atoms with Gasteiger partial charge in [-0.25, -0.2) is 0 Å². The molecule has 208 valence electrons. The van der Waals surface area contributed by atoms with Crippen LogP contribution in [0.5, 0.6) is 0 Å². The van der Waals surface area contributed by atoms with Crippen molar-refractivity contribution in [1.82, 2.24) is 9.97 Å². The van der Waals surface area contributed by atoms with Gasteiger partial charge >= 0.3 is 12.4 Å². The van der Waals surface area contributed by atoms with Crippen LogP contribution in [-0.4, -0.2) is 22.3 Å². The number of rotatable bonds is 4. The van der Waals surface area contributed by atoms with Crippen LogP contribution in [0.1, 0.15) is 11.1 Å². The van der Waals surface area contributed by atoms with Crippen molar-refractivity contribution in [3.63, 3.8) is 0 Å². The van der Waals surface area contributed by atoms with Crippen molar-refractivity contribution in [1.29, 1.82) is 0 Å². The number of halogens is 8. The van der Waals surface area contributed by atoms with Gasteiger partial charge in [0, 0.05) is 54.3 Å². The highest BCUT2D eigenvalue weighted by Gasteiger charge is 2.73. The maximum absolute atomic E-state index is 15.6. The Hall–Kier alpha value is -3.50. The number of para-hydroxylation sites is 2. The Kier molecular flexibility index (Phi) is 6.61. The first-order chi connectivity index (χ1) is 19.4. The molecule has 0 aliphatic carbocycles. The van der Waals surface area contributed by atoms with Crippen molar-refractivity contribution < 1.29 is 26.3 Å². The van der Waals surface area contributed by atoms with Crippen LogP contribution in [0, 0.1) is 0 Å². The topological polar surface area (TPSA) is 31.6 Å². The molecule has 2 nitrogen and oxygen atoms in total. The average molecular weight is 692 g/mol. The third-order valence-electron chi connectivity index (χ3n) is 7.38. The molecular weight excluding hydrogens is 674 g/mol. The number of nitrogens with one attached hydrogen (secondary N) is 2. The number of hydrogen-bond donors (Lipinski definition) is 2. The maximum Gasteiger partial charge on any atom is 0.411 e. The number of aromatic amines is 2. The number of H-pyrrole nitrogens is 2. The highest BCUT2D eigenvalue weighted by molar-refractivity contribution is 9.10. The SMILES string of the molecule is FC(F)(F)C(c1ccc(Br)cc1-c1c[nH]c2ccccc12)(c1ccc(Br)cc1-c1c[nH]c2ccccc12)C(F)(F)F. The Morgan fingerprint density at radius 3 is 1.27 bits per heavy atom. The smallest absolute Gasteiger partial charge is 0.361 e. The second kappa shape index (κ2) is 9.80. The zero-order chi connectivity index (χ0) is 29.2. The zero-order valence-electron chi connectivity index (χ0n) is 20.8. The van der Waals surface area contributed by atoms with Crippen molar-refractivity contribution in [3.05, 3.63) is 117 Å². The largest absolute Gasteiger partial charge is 0.411 e. The first-order valence-corrected chi connectivity index (χ1v) is 13.9. The second-order valence-electron chi connectivity index (χ2n) is 9.62. The third kappa shape index (κ3) is 4.30. The summed E-state index contributed by atoms with van der Waals surface area (Å²) in [5, 5.41) is 0.996. The number of hydrogen-bond acceptors (Lipinski definition) is 0. The van der Waals surface area contributed by atoms with E-state index in [4.69, 9.17) is 0 Å². The van der Waals surface area contributed by atoms with Crippen molar-refractivity contribution in [3.8, 4) is 22.3 Å². The highest BCUT2D eigenvalue weighted by atomic mass is 79.9. The van der Waals surface area contributed by atoms with E-state index < -0.39 is 28.9 Å². The van der Waals surface area contributed by atoms with E-state index in [9.17, 15) is 0 Å². The van der Waals surface area contributed by atoms with E-state index in [-0.39, 0.29) is 22.3 Å². The summed E-state index contributed by atoms with van der Waals surface area (Å²) in [7, 11) is 0. The fraction of sp³-hybridized carbons (Fsp3) is 0.0968. The molecule has 6 aromatic rings. The number of alkyl halides is 6. The van der Waals surface area contributed by atoms with E-state index in [1.54, 1.807) is 48.5 Å². The molecule has 41 heavy (non-hydrogen) atoms. The predicted molar refractivity (Wildman–Crippen MR) is 156 cm³/mol. The molecule has 10 heteroatoms.